The number of hydrogen-bond acceptors (Lipinski definition) is 4. The molecule has 2 heterocycles. The number of hydrogen-bond donors (Lipinski definition) is 3. The lowest BCUT2D eigenvalue weighted by molar-refractivity contribution is -0.116. The van der Waals surface area contributed by atoms with Crippen LogP contribution in [0.4, 0.5) is 11.4 Å². The van der Waals surface area contributed by atoms with E-state index in [9.17, 15) is 14.7 Å². The highest BCUT2D eigenvalue weighted by molar-refractivity contribution is 6.21. The molecule has 0 saturated heterocycles. The second kappa shape index (κ2) is 7.03. The molecule has 1 aromatic heterocycles. The first-order chi connectivity index (χ1) is 13.5. The van der Waals surface area contributed by atoms with Gasteiger partial charge in [-0.15, -0.1) is 0 Å². The van der Waals surface area contributed by atoms with Gasteiger partial charge in [0.05, 0.1) is 5.69 Å². The van der Waals surface area contributed by atoms with Crippen molar-refractivity contribution in [2.24, 2.45) is 4.99 Å². The van der Waals surface area contributed by atoms with Gasteiger partial charge in [0, 0.05) is 23.0 Å². The summed E-state index contributed by atoms with van der Waals surface area (Å²) < 4.78 is 0.996. The maximum atomic E-state index is 12.3. The standard InChI is InChI=1S/C21H18N4O3/c1-13-5-4-6-15(9-13)23-19(26)12-25-20(27)18(24-21(25)28)10-14-11-22-17-8-3-2-7-16(14)17/h2-11,27H,12H2,1H3,(H,23,26)(H,24,28). The fraction of sp³-hybridized carbons (Fsp3) is 0.0952. The van der Waals surface area contributed by atoms with Crippen LogP contribution in [0.5, 0.6) is 5.88 Å². The number of fused-ring (bicyclic) bond motifs is 1. The minimum Gasteiger partial charge on any atom is -0.493 e. The molecular formula is C21H18N4O3. The molecule has 0 unspecified atom stereocenters. The van der Waals surface area contributed by atoms with Crippen LogP contribution in [0.2, 0.25) is 0 Å². The maximum Gasteiger partial charge on any atom is 0.329 e. The van der Waals surface area contributed by atoms with Gasteiger partial charge in [-0.2, -0.15) is 0 Å². The maximum absolute atomic E-state index is 12.3. The van der Waals surface area contributed by atoms with E-state index < -0.39 is 11.6 Å². The summed E-state index contributed by atoms with van der Waals surface area (Å²) in [5, 5.41) is 13.2. The zero-order valence-corrected chi connectivity index (χ0v) is 15.1. The normalized spacial score (nSPS) is 13.7. The minimum absolute atomic E-state index is 0.228. The van der Waals surface area contributed by atoms with E-state index in [1.54, 1.807) is 18.4 Å². The quantitative estimate of drug-likeness (QED) is 0.654. The van der Waals surface area contributed by atoms with Crippen LogP contribution in [0.3, 0.4) is 0 Å². The molecule has 7 nitrogen and oxygen atoms in total. The predicted molar refractivity (Wildman–Crippen MR) is 109 cm³/mol. The van der Waals surface area contributed by atoms with Crippen molar-refractivity contribution in [1.82, 2.24) is 9.55 Å². The largest absolute Gasteiger partial charge is 0.493 e. The molecule has 2 aromatic carbocycles. The van der Waals surface area contributed by atoms with Crippen molar-refractivity contribution >= 4 is 35.1 Å². The SMILES string of the molecule is Cc1cccc(NC(=O)Cn2c(O)c(C=C3C=Nc4ccccc43)[nH]c2=O)c1. The van der Waals surface area contributed by atoms with E-state index in [0.29, 0.717) is 5.69 Å². The molecule has 140 valence electrons. The number of carbonyl (C=O) groups excluding carboxylic acids is 1. The molecule has 0 radical (unpaired) electrons. The monoisotopic (exact) mass is 374 g/mol. The number of aromatic hydroxyl groups is 1. The summed E-state index contributed by atoms with van der Waals surface area (Å²) >= 11 is 0. The van der Waals surface area contributed by atoms with E-state index in [1.807, 2.05) is 49.4 Å². The summed E-state index contributed by atoms with van der Waals surface area (Å²) in [4.78, 5) is 31.4. The molecule has 1 aliphatic heterocycles. The van der Waals surface area contributed by atoms with Gasteiger partial charge in [0.2, 0.25) is 11.8 Å². The number of rotatable bonds is 4. The summed E-state index contributed by atoms with van der Waals surface area (Å²) in [5.74, 6) is -0.705. The van der Waals surface area contributed by atoms with Crippen LogP contribution < -0.4 is 11.0 Å². The molecule has 3 N–H and O–H groups in total. The molecule has 0 bridgehead atoms. The Bertz CT molecular complexity index is 1180. The van der Waals surface area contributed by atoms with Gasteiger partial charge in [-0.25, -0.2) is 4.79 Å². The minimum atomic E-state index is -0.563. The summed E-state index contributed by atoms with van der Waals surface area (Å²) in [7, 11) is 0. The lowest BCUT2D eigenvalue weighted by Gasteiger charge is -2.07. The van der Waals surface area contributed by atoms with Crippen molar-refractivity contribution in [3.8, 4) is 5.88 Å². The van der Waals surface area contributed by atoms with E-state index in [1.165, 1.54) is 0 Å². The van der Waals surface area contributed by atoms with Crippen molar-refractivity contribution < 1.29 is 9.90 Å². The summed E-state index contributed by atoms with van der Waals surface area (Å²) in [6, 6.07) is 14.9. The van der Waals surface area contributed by atoms with Gasteiger partial charge in [0.25, 0.3) is 0 Å². The smallest absolute Gasteiger partial charge is 0.329 e. The number of para-hydroxylation sites is 1. The highest BCUT2D eigenvalue weighted by Crippen LogP contribution is 2.32. The van der Waals surface area contributed by atoms with Gasteiger partial charge in [-0.05, 0) is 36.8 Å². The van der Waals surface area contributed by atoms with Crippen molar-refractivity contribution in [3.05, 3.63) is 75.8 Å². The molecule has 3 aromatic rings. The van der Waals surface area contributed by atoms with E-state index in [4.69, 9.17) is 0 Å². The third-order valence-electron chi connectivity index (χ3n) is 4.44. The number of aromatic nitrogens is 2. The average molecular weight is 374 g/mol. The average Bonchev–Trinajstić information content (AvgIpc) is 3.18. The van der Waals surface area contributed by atoms with Gasteiger partial charge in [0.15, 0.2) is 0 Å². The Kier molecular flexibility index (Phi) is 4.41. The number of anilines is 1. The van der Waals surface area contributed by atoms with Crippen molar-refractivity contribution in [2.45, 2.75) is 13.5 Å². The summed E-state index contributed by atoms with van der Waals surface area (Å²) in [6.07, 6.45) is 3.31. The molecule has 7 heteroatoms. The number of carbonyl (C=O) groups is 1. The molecule has 0 spiro atoms. The number of amides is 1. The number of nitrogens with one attached hydrogen (secondary N) is 2. The second-order valence-corrected chi connectivity index (χ2v) is 6.55. The number of nitrogens with zero attached hydrogens (tertiary/aromatic N) is 2. The number of benzene rings is 2. The third kappa shape index (κ3) is 3.37. The molecule has 28 heavy (non-hydrogen) atoms. The fourth-order valence-electron chi connectivity index (χ4n) is 3.10. The van der Waals surface area contributed by atoms with Crippen molar-refractivity contribution in [3.63, 3.8) is 0 Å². The Labute approximate surface area is 160 Å². The lowest BCUT2D eigenvalue weighted by Crippen LogP contribution is -2.25. The zero-order chi connectivity index (χ0) is 19.7. The van der Waals surface area contributed by atoms with E-state index in [0.717, 1.165) is 27.0 Å². The Morgan fingerprint density at radius 1 is 1.25 bits per heavy atom. The molecule has 0 saturated carbocycles. The Morgan fingerprint density at radius 3 is 2.89 bits per heavy atom. The Balaban J connectivity index is 1.57. The first-order valence-electron chi connectivity index (χ1n) is 8.75. The highest BCUT2D eigenvalue weighted by Gasteiger charge is 2.17. The summed E-state index contributed by atoms with van der Waals surface area (Å²) in [5.41, 5.74) is 3.81. The molecule has 0 atom stereocenters. The van der Waals surface area contributed by atoms with E-state index in [2.05, 4.69) is 15.3 Å². The van der Waals surface area contributed by atoms with Crippen LogP contribution in [0.1, 0.15) is 16.8 Å². The number of imidazole rings is 1. The van der Waals surface area contributed by atoms with Crippen LogP contribution in [-0.4, -0.2) is 26.8 Å². The third-order valence-corrected chi connectivity index (χ3v) is 4.44. The van der Waals surface area contributed by atoms with Crippen LogP contribution in [0.25, 0.3) is 11.6 Å². The van der Waals surface area contributed by atoms with Gasteiger partial charge < -0.3 is 15.4 Å². The first kappa shape index (κ1) is 17.5. The Morgan fingerprint density at radius 2 is 2.07 bits per heavy atom. The molecule has 1 amide bonds. The number of aryl methyl sites for hydroxylation is 1. The second-order valence-electron chi connectivity index (χ2n) is 6.55. The Hall–Kier alpha value is -3.87. The molecule has 1 aliphatic rings. The van der Waals surface area contributed by atoms with Crippen molar-refractivity contribution in [2.75, 3.05) is 5.32 Å². The molecule has 0 fully saturated rings. The number of aromatic amines is 1. The van der Waals surface area contributed by atoms with E-state index >= 15 is 0 Å². The lowest BCUT2D eigenvalue weighted by atomic mass is 10.1. The first-order valence-corrected chi connectivity index (χ1v) is 8.75. The number of aliphatic imine (C=N–C) groups is 1. The van der Waals surface area contributed by atoms with Crippen LogP contribution in [0.15, 0.2) is 58.3 Å². The fourth-order valence-corrected chi connectivity index (χ4v) is 3.10. The predicted octanol–water partition coefficient (Wildman–Crippen LogP) is 3.09. The molecule has 4 rings (SSSR count). The topological polar surface area (TPSA) is 99.5 Å². The van der Waals surface area contributed by atoms with Gasteiger partial charge in [-0.1, -0.05) is 30.3 Å². The van der Waals surface area contributed by atoms with Gasteiger partial charge >= 0.3 is 5.69 Å². The van der Waals surface area contributed by atoms with E-state index in [-0.39, 0.29) is 18.1 Å². The van der Waals surface area contributed by atoms with Crippen LogP contribution >= 0.6 is 0 Å². The molecular weight excluding hydrogens is 356 g/mol. The number of H-pyrrole nitrogens is 1. The van der Waals surface area contributed by atoms with Gasteiger partial charge in [-0.3, -0.25) is 14.4 Å². The van der Waals surface area contributed by atoms with Crippen LogP contribution in [0, 0.1) is 6.92 Å². The summed E-state index contributed by atoms with van der Waals surface area (Å²) in [6.45, 7) is 1.62. The highest BCUT2D eigenvalue weighted by atomic mass is 16.3. The zero-order valence-electron chi connectivity index (χ0n) is 15.1. The molecule has 0 aliphatic carbocycles. The van der Waals surface area contributed by atoms with Crippen molar-refractivity contribution in [1.29, 1.82) is 0 Å². The van der Waals surface area contributed by atoms with Gasteiger partial charge in [0.1, 0.15) is 12.2 Å². The number of allylic oxidation sites excluding steroid dienone is 1. The van der Waals surface area contributed by atoms with Crippen LogP contribution in [-0.2, 0) is 11.3 Å².